The average Bonchev–Trinajstić information content (AvgIpc) is 2.37. The van der Waals surface area contributed by atoms with Gasteiger partial charge in [-0.05, 0) is 18.4 Å². The first-order valence-corrected chi connectivity index (χ1v) is 6.59. The molecule has 2 amide bonds. The predicted molar refractivity (Wildman–Crippen MR) is 75.6 cm³/mol. The van der Waals surface area contributed by atoms with E-state index in [4.69, 9.17) is 0 Å². The highest BCUT2D eigenvalue weighted by atomic mass is 16.2. The Bertz CT molecular complexity index is 415. The van der Waals surface area contributed by atoms with E-state index in [0.29, 0.717) is 12.3 Å². The molecule has 4 heteroatoms. The molecule has 1 aromatic carbocycles. The van der Waals surface area contributed by atoms with Gasteiger partial charge in [0.1, 0.15) is 0 Å². The number of rotatable bonds is 6. The molecule has 0 spiro atoms. The maximum Gasteiger partial charge on any atom is 0.239 e. The molecule has 0 radical (unpaired) electrons. The molecule has 0 aromatic heterocycles. The molecule has 1 unspecified atom stereocenters. The minimum Gasteiger partial charge on any atom is -0.352 e. The quantitative estimate of drug-likeness (QED) is 0.816. The Morgan fingerprint density at radius 1 is 1.05 bits per heavy atom. The maximum atomic E-state index is 11.6. The molecule has 0 bridgehead atoms. The molecule has 0 heterocycles. The Morgan fingerprint density at radius 2 is 1.68 bits per heavy atom. The first kappa shape index (κ1) is 15.2. The lowest BCUT2D eigenvalue weighted by molar-refractivity contribution is -0.126. The second-order valence-electron chi connectivity index (χ2n) is 5.04. The van der Waals surface area contributed by atoms with Crippen molar-refractivity contribution < 1.29 is 9.59 Å². The van der Waals surface area contributed by atoms with Crippen LogP contribution < -0.4 is 10.6 Å². The third-order valence-electron chi connectivity index (χ3n) is 3.04. The molecule has 0 aliphatic rings. The third-order valence-corrected chi connectivity index (χ3v) is 3.04. The lowest BCUT2D eigenvalue weighted by atomic mass is 10.1. The Labute approximate surface area is 114 Å². The molecule has 0 fully saturated rings. The molecule has 1 rings (SSSR count). The van der Waals surface area contributed by atoms with E-state index in [9.17, 15) is 9.59 Å². The monoisotopic (exact) mass is 262 g/mol. The van der Waals surface area contributed by atoms with Crippen molar-refractivity contribution in [3.63, 3.8) is 0 Å². The summed E-state index contributed by atoms with van der Waals surface area (Å²) in [6.45, 7) is 6.06. The van der Waals surface area contributed by atoms with Crippen molar-refractivity contribution in [2.45, 2.75) is 33.2 Å². The fourth-order valence-electron chi connectivity index (χ4n) is 1.49. The molecule has 0 aliphatic heterocycles. The van der Waals surface area contributed by atoms with Crippen LogP contribution in [0.25, 0.3) is 0 Å². The van der Waals surface area contributed by atoms with Gasteiger partial charge in [0.05, 0.1) is 13.0 Å². The van der Waals surface area contributed by atoms with Crippen molar-refractivity contribution >= 4 is 11.8 Å². The summed E-state index contributed by atoms with van der Waals surface area (Å²) >= 11 is 0. The van der Waals surface area contributed by atoms with E-state index in [1.807, 2.05) is 51.1 Å². The number of carbonyl (C=O) groups excluding carboxylic acids is 2. The van der Waals surface area contributed by atoms with Crippen LogP contribution in [-0.4, -0.2) is 24.4 Å². The molecular weight excluding hydrogens is 240 g/mol. The summed E-state index contributed by atoms with van der Waals surface area (Å²) in [6, 6.07) is 9.57. The molecular formula is C15H22N2O2. The lowest BCUT2D eigenvalue weighted by Crippen LogP contribution is -2.43. The second-order valence-corrected chi connectivity index (χ2v) is 5.04. The lowest BCUT2D eigenvalue weighted by Gasteiger charge is -2.17. The van der Waals surface area contributed by atoms with Gasteiger partial charge in [-0.25, -0.2) is 0 Å². The molecule has 104 valence electrons. The van der Waals surface area contributed by atoms with Crippen LogP contribution in [0.5, 0.6) is 0 Å². The van der Waals surface area contributed by atoms with Gasteiger partial charge in [-0.3, -0.25) is 9.59 Å². The average molecular weight is 262 g/mol. The summed E-state index contributed by atoms with van der Waals surface area (Å²) in [5, 5.41) is 5.47. The third kappa shape index (κ3) is 6.04. The molecule has 1 aromatic rings. The second kappa shape index (κ2) is 7.56. The molecule has 0 aliphatic carbocycles. The van der Waals surface area contributed by atoms with Gasteiger partial charge in [0.2, 0.25) is 11.8 Å². The van der Waals surface area contributed by atoms with Crippen molar-refractivity contribution in [1.82, 2.24) is 10.6 Å². The van der Waals surface area contributed by atoms with E-state index in [0.717, 1.165) is 5.56 Å². The minimum absolute atomic E-state index is 0.0305. The fourth-order valence-corrected chi connectivity index (χ4v) is 1.49. The summed E-state index contributed by atoms with van der Waals surface area (Å²) in [5.41, 5.74) is 0.941. The van der Waals surface area contributed by atoms with Crippen molar-refractivity contribution in [3.8, 4) is 0 Å². The summed E-state index contributed by atoms with van der Waals surface area (Å²) in [5.74, 6) is 0.0881. The molecule has 1 atom stereocenters. The van der Waals surface area contributed by atoms with Gasteiger partial charge < -0.3 is 10.6 Å². The number of nitrogens with one attached hydrogen (secondary N) is 2. The van der Waals surface area contributed by atoms with Gasteiger partial charge in [0.25, 0.3) is 0 Å². The van der Waals surface area contributed by atoms with Gasteiger partial charge in [-0.2, -0.15) is 0 Å². The largest absolute Gasteiger partial charge is 0.352 e. The SMILES string of the molecule is CC(C)C(C)NC(=O)CNC(=O)Cc1ccccc1. The summed E-state index contributed by atoms with van der Waals surface area (Å²) in [4.78, 5) is 23.2. The zero-order valence-electron chi connectivity index (χ0n) is 11.8. The smallest absolute Gasteiger partial charge is 0.239 e. The zero-order valence-corrected chi connectivity index (χ0v) is 11.8. The van der Waals surface area contributed by atoms with Crippen LogP contribution in [0.4, 0.5) is 0 Å². The van der Waals surface area contributed by atoms with Gasteiger partial charge in [-0.1, -0.05) is 44.2 Å². The standard InChI is InChI=1S/C15H22N2O2/c1-11(2)12(3)17-15(19)10-16-14(18)9-13-7-5-4-6-8-13/h4-8,11-12H,9-10H2,1-3H3,(H,16,18)(H,17,19). The number of hydrogen-bond donors (Lipinski definition) is 2. The van der Waals surface area contributed by atoms with Crippen LogP contribution in [0.15, 0.2) is 30.3 Å². The van der Waals surface area contributed by atoms with Crippen LogP contribution in [0.3, 0.4) is 0 Å². The van der Waals surface area contributed by atoms with E-state index in [1.54, 1.807) is 0 Å². The Hall–Kier alpha value is -1.84. The van der Waals surface area contributed by atoms with Crippen LogP contribution in [0, 0.1) is 5.92 Å². The van der Waals surface area contributed by atoms with Crippen molar-refractivity contribution in [1.29, 1.82) is 0 Å². The van der Waals surface area contributed by atoms with Gasteiger partial charge in [0, 0.05) is 6.04 Å². The van der Waals surface area contributed by atoms with Crippen LogP contribution in [0.2, 0.25) is 0 Å². The molecule has 2 N–H and O–H groups in total. The summed E-state index contributed by atoms with van der Waals surface area (Å²) < 4.78 is 0. The van der Waals surface area contributed by atoms with E-state index in [1.165, 1.54) is 0 Å². The number of carbonyl (C=O) groups is 2. The van der Waals surface area contributed by atoms with Gasteiger partial charge >= 0.3 is 0 Å². The van der Waals surface area contributed by atoms with E-state index < -0.39 is 0 Å². The normalized spacial score (nSPS) is 12.0. The van der Waals surface area contributed by atoms with Crippen molar-refractivity contribution in [3.05, 3.63) is 35.9 Å². The van der Waals surface area contributed by atoms with E-state index in [2.05, 4.69) is 10.6 Å². The predicted octanol–water partition coefficient (Wildman–Crippen LogP) is 1.51. The summed E-state index contributed by atoms with van der Waals surface area (Å²) in [6.07, 6.45) is 0.299. The number of benzene rings is 1. The van der Waals surface area contributed by atoms with E-state index >= 15 is 0 Å². The zero-order chi connectivity index (χ0) is 14.3. The van der Waals surface area contributed by atoms with Crippen LogP contribution in [0.1, 0.15) is 26.3 Å². The van der Waals surface area contributed by atoms with E-state index in [-0.39, 0.29) is 24.4 Å². The molecule has 4 nitrogen and oxygen atoms in total. The fraction of sp³-hybridized carbons (Fsp3) is 0.467. The topological polar surface area (TPSA) is 58.2 Å². The Morgan fingerprint density at radius 3 is 2.26 bits per heavy atom. The highest BCUT2D eigenvalue weighted by molar-refractivity contribution is 5.85. The van der Waals surface area contributed by atoms with Gasteiger partial charge in [-0.15, -0.1) is 0 Å². The van der Waals surface area contributed by atoms with Crippen LogP contribution >= 0.6 is 0 Å². The first-order chi connectivity index (χ1) is 8.99. The summed E-state index contributed by atoms with van der Waals surface area (Å²) in [7, 11) is 0. The Kier molecular flexibility index (Phi) is 6.06. The first-order valence-electron chi connectivity index (χ1n) is 6.59. The molecule has 0 saturated heterocycles. The molecule has 0 saturated carbocycles. The maximum absolute atomic E-state index is 11.6. The van der Waals surface area contributed by atoms with Gasteiger partial charge in [0.15, 0.2) is 0 Å². The van der Waals surface area contributed by atoms with Crippen molar-refractivity contribution in [2.24, 2.45) is 5.92 Å². The number of amides is 2. The highest BCUT2D eigenvalue weighted by Gasteiger charge is 2.11. The van der Waals surface area contributed by atoms with Crippen molar-refractivity contribution in [2.75, 3.05) is 6.54 Å². The minimum atomic E-state index is -0.150. The number of hydrogen-bond acceptors (Lipinski definition) is 2. The Balaban J connectivity index is 2.29. The molecule has 19 heavy (non-hydrogen) atoms. The highest BCUT2D eigenvalue weighted by Crippen LogP contribution is 2.00. The van der Waals surface area contributed by atoms with Crippen LogP contribution in [-0.2, 0) is 16.0 Å².